The lowest BCUT2D eigenvalue weighted by Crippen LogP contribution is -2.54. The zero-order chi connectivity index (χ0) is 12.0. The third kappa shape index (κ3) is 4.04. The van der Waals surface area contributed by atoms with E-state index in [0.717, 1.165) is 18.9 Å². The van der Waals surface area contributed by atoms with Crippen LogP contribution in [-0.4, -0.2) is 48.3 Å². The van der Waals surface area contributed by atoms with Crippen molar-refractivity contribution in [1.82, 2.24) is 10.2 Å². The monoisotopic (exact) mass is 228 g/mol. The van der Waals surface area contributed by atoms with E-state index in [0.29, 0.717) is 6.61 Å². The molecule has 0 spiro atoms. The third-order valence-electron chi connectivity index (χ3n) is 3.58. The van der Waals surface area contributed by atoms with Gasteiger partial charge in [0.2, 0.25) is 0 Å². The molecule has 0 aliphatic carbocycles. The predicted molar refractivity (Wildman–Crippen MR) is 68.6 cm³/mol. The Morgan fingerprint density at radius 1 is 1.31 bits per heavy atom. The van der Waals surface area contributed by atoms with Crippen molar-refractivity contribution >= 4 is 0 Å². The first kappa shape index (κ1) is 13.9. The minimum atomic E-state index is 0.205. The molecule has 0 saturated carbocycles. The molecule has 0 radical (unpaired) electrons. The molecule has 1 fully saturated rings. The zero-order valence-electron chi connectivity index (χ0n) is 11.1. The summed E-state index contributed by atoms with van der Waals surface area (Å²) in [6.07, 6.45) is 3.25. The summed E-state index contributed by atoms with van der Waals surface area (Å²) in [5.41, 5.74) is 0.205. The Morgan fingerprint density at radius 2 is 1.94 bits per heavy atom. The summed E-state index contributed by atoms with van der Waals surface area (Å²) in [5.74, 6) is 0.754. The molecule has 1 rings (SSSR count). The van der Waals surface area contributed by atoms with Gasteiger partial charge in [-0.2, -0.15) is 0 Å². The minimum absolute atomic E-state index is 0.205. The Kier molecular flexibility index (Phi) is 5.73. The smallest absolute Gasteiger partial charge is 0.0448 e. The fourth-order valence-corrected chi connectivity index (χ4v) is 2.78. The van der Waals surface area contributed by atoms with Crippen molar-refractivity contribution in [3.63, 3.8) is 0 Å². The van der Waals surface area contributed by atoms with Crippen LogP contribution in [0.5, 0.6) is 0 Å². The Labute approximate surface area is 100 Å². The molecule has 1 aliphatic rings. The molecule has 2 N–H and O–H groups in total. The summed E-state index contributed by atoms with van der Waals surface area (Å²) < 4.78 is 0. The average Bonchev–Trinajstić information content (AvgIpc) is 2.22. The molecule has 0 aromatic heterocycles. The van der Waals surface area contributed by atoms with Crippen molar-refractivity contribution in [3.05, 3.63) is 0 Å². The van der Waals surface area contributed by atoms with E-state index in [9.17, 15) is 0 Å². The minimum Gasteiger partial charge on any atom is -0.396 e. The molecule has 16 heavy (non-hydrogen) atoms. The molecule has 96 valence electrons. The number of hydrogen-bond donors (Lipinski definition) is 2. The highest BCUT2D eigenvalue weighted by Gasteiger charge is 2.32. The molecule has 3 nitrogen and oxygen atoms in total. The Hall–Kier alpha value is -0.120. The summed E-state index contributed by atoms with van der Waals surface area (Å²) in [5, 5.41) is 12.8. The van der Waals surface area contributed by atoms with Gasteiger partial charge in [0.05, 0.1) is 0 Å². The van der Waals surface area contributed by atoms with Crippen LogP contribution < -0.4 is 5.32 Å². The van der Waals surface area contributed by atoms with Crippen molar-refractivity contribution in [3.8, 4) is 0 Å². The van der Waals surface area contributed by atoms with Crippen LogP contribution in [0.25, 0.3) is 0 Å². The molecule has 0 aromatic rings. The quantitative estimate of drug-likeness (QED) is 0.722. The number of nitrogens with one attached hydrogen (secondary N) is 1. The first-order valence-corrected chi connectivity index (χ1v) is 6.70. The Bertz CT molecular complexity index is 178. The van der Waals surface area contributed by atoms with E-state index in [1.807, 2.05) is 0 Å². The van der Waals surface area contributed by atoms with Crippen molar-refractivity contribution in [2.75, 3.05) is 32.8 Å². The SMILES string of the molecule is CCNC1(CCO)CCN(CC(C)C)CC1. The average molecular weight is 228 g/mol. The maximum atomic E-state index is 9.17. The largest absolute Gasteiger partial charge is 0.396 e. The van der Waals surface area contributed by atoms with E-state index >= 15 is 0 Å². The molecule has 1 saturated heterocycles. The summed E-state index contributed by atoms with van der Waals surface area (Å²) in [6, 6.07) is 0. The predicted octanol–water partition coefficient (Wildman–Crippen LogP) is 1.47. The second-order valence-electron chi connectivity index (χ2n) is 5.48. The number of likely N-dealkylation sites (tertiary alicyclic amines) is 1. The van der Waals surface area contributed by atoms with Crippen LogP contribution in [-0.2, 0) is 0 Å². The summed E-state index contributed by atoms with van der Waals surface area (Å²) in [6.45, 7) is 11.6. The van der Waals surface area contributed by atoms with Crippen molar-refractivity contribution in [1.29, 1.82) is 0 Å². The summed E-state index contributed by atoms with van der Waals surface area (Å²) >= 11 is 0. The highest BCUT2D eigenvalue weighted by Crippen LogP contribution is 2.25. The van der Waals surface area contributed by atoms with Gasteiger partial charge in [-0.05, 0) is 44.8 Å². The first-order valence-electron chi connectivity index (χ1n) is 6.70. The Morgan fingerprint density at radius 3 is 2.38 bits per heavy atom. The van der Waals surface area contributed by atoms with E-state index in [2.05, 4.69) is 31.0 Å². The second-order valence-corrected chi connectivity index (χ2v) is 5.48. The fourth-order valence-electron chi connectivity index (χ4n) is 2.78. The molecule has 0 unspecified atom stereocenters. The topological polar surface area (TPSA) is 35.5 Å². The number of aliphatic hydroxyl groups is 1. The van der Waals surface area contributed by atoms with E-state index in [4.69, 9.17) is 5.11 Å². The van der Waals surface area contributed by atoms with Crippen molar-refractivity contribution in [2.45, 2.75) is 45.6 Å². The van der Waals surface area contributed by atoms with Gasteiger partial charge in [0.25, 0.3) is 0 Å². The van der Waals surface area contributed by atoms with Gasteiger partial charge in [0.15, 0.2) is 0 Å². The number of piperidine rings is 1. The van der Waals surface area contributed by atoms with Crippen LogP contribution in [0, 0.1) is 5.92 Å². The maximum Gasteiger partial charge on any atom is 0.0448 e. The van der Waals surface area contributed by atoms with Gasteiger partial charge in [0, 0.05) is 18.7 Å². The molecule has 1 aliphatic heterocycles. The van der Waals surface area contributed by atoms with E-state index in [1.54, 1.807) is 0 Å². The van der Waals surface area contributed by atoms with Crippen LogP contribution in [0.4, 0.5) is 0 Å². The van der Waals surface area contributed by atoms with Gasteiger partial charge >= 0.3 is 0 Å². The Balaban J connectivity index is 2.42. The van der Waals surface area contributed by atoms with Crippen LogP contribution in [0.1, 0.15) is 40.0 Å². The molecular weight excluding hydrogens is 200 g/mol. The zero-order valence-corrected chi connectivity index (χ0v) is 11.1. The number of rotatable bonds is 6. The van der Waals surface area contributed by atoms with Gasteiger partial charge in [-0.25, -0.2) is 0 Å². The highest BCUT2D eigenvalue weighted by atomic mass is 16.3. The van der Waals surface area contributed by atoms with E-state index in [1.165, 1.54) is 32.5 Å². The van der Waals surface area contributed by atoms with Crippen LogP contribution >= 0.6 is 0 Å². The molecular formula is C13H28N2O. The van der Waals surface area contributed by atoms with Crippen LogP contribution in [0.2, 0.25) is 0 Å². The lowest BCUT2D eigenvalue weighted by atomic mass is 9.84. The first-order chi connectivity index (χ1) is 7.62. The molecule has 0 aromatic carbocycles. The molecule has 1 heterocycles. The lowest BCUT2D eigenvalue weighted by Gasteiger charge is -2.42. The third-order valence-corrected chi connectivity index (χ3v) is 3.58. The van der Waals surface area contributed by atoms with Gasteiger partial charge < -0.3 is 15.3 Å². The van der Waals surface area contributed by atoms with Gasteiger partial charge in [-0.1, -0.05) is 20.8 Å². The van der Waals surface area contributed by atoms with E-state index in [-0.39, 0.29) is 5.54 Å². The molecule has 0 amide bonds. The summed E-state index contributed by atoms with van der Waals surface area (Å²) in [7, 11) is 0. The van der Waals surface area contributed by atoms with Crippen LogP contribution in [0.15, 0.2) is 0 Å². The van der Waals surface area contributed by atoms with Crippen LogP contribution in [0.3, 0.4) is 0 Å². The van der Waals surface area contributed by atoms with Gasteiger partial charge in [-0.15, -0.1) is 0 Å². The van der Waals surface area contributed by atoms with Crippen molar-refractivity contribution < 1.29 is 5.11 Å². The normalized spacial score (nSPS) is 21.6. The van der Waals surface area contributed by atoms with Gasteiger partial charge in [-0.3, -0.25) is 0 Å². The van der Waals surface area contributed by atoms with Gasteiger partial charge in [0.1, 0.15) is 0 Å². The fraction of sp³-hybridized carbons (Fsp3) is 1.00. The highest BCUT2D eigenvalue weighted by molar-refractivity contribution is 4.92. The number of hydrogen-bond acceptors (Lipinski definition) is 3. The number of nitrogens with zero attached hydrogens (tertiary/aromatic N) is 1. The molecule has 0 bridgehead atoms. The standard InChI is InChI=1S/C13H28N2O/c1-4-14-13(7-10-16)5-8-15(9-6-13)11-12(2)3/h12,14,16H,4-11H2,1-3H3. The molecule has 3 heteroatoms. The second kappa shape index (κ2) is 6.58. The summed E-state index contributed by atoms with van der Waals surface area (Å²) in [4.78, 5) is 2.55. The number of aliphatic hydroxyl groups excluding tert-OH is 1. The molecule has 0 atom stereocenters. The maximum absolute atomic E-state index is 9.17. The van der Waals surface area contributed by atoms with E-state index < -0.39 is 0 Å². The lowest BCUT2D eigenvalue weighted by molar-refractivity contribution is 0.102. The van der Waals surface area contributed by atoms with Crippen molar-refractivity contribution in [2.24, 2.45) is 5.92 Å².